The SMILES string of the molecule is COC(=O)c1ccc(Sc2ccc(Br)c(F)c2)cc1. The molecule has 0 N–H and O–H groups in total. The van der Waals surface area contributed by atoms with Gasteiger partial charge in [-0.3, -0.25) is 0 Å². The van der Waals surface area contributed by atoms with Gasteiger partial charge in [-0.25, -0.2) is 9.18 Å². The van der Waals surface area contributed by atoms with Gasteiger partial charge in [0.1, 0.15) is 5.82 Å². The second kappa shape index (κ2) is 6.21. The molecular formula is C14H10BrFO2S. The molecule has 0 atom stereocenters. The number of esters is 1. The van der Waals surface area contributed by atoms with Crippen molar-refractivity contribution < 1.29 is 13.9 Å². The van der Waals surface area contributed by atoms with Crippen molar-refractivity contribution in [2.75, 3.05) is 7.11 Å². The highest BCUT2D eigenvalue weighted by atomic mass is 79.9. The lowest BCUT2D eigenvalue weighted by Gasteiger charge is -2.04. The Morgan fingerprint density at radius 2 is 1.79 bits per heavy atom. The van der Waals surface area contributed by atoms with E-state index in [1.54, 1.807) is 30.3 Å². The average Bonchev–Trinajstić information content (AvgIpc) is 2.43. The van der Waals surface area contributed by atoms with Crippen LogP contribution in [0.1, 0.15) is 10.4 Å². The highest BCUT2D eigenvalue weighted by Gasteiger charge is 2.06. The van der Waals surface area contributed by atoms with Gasteiger partial charge in [0.25, 0.3) is 0 Å². The van der Waals surface area contributed by atoms with Crippen LogP contribution in [0.5, 0.6) is 0 Å². The lowest BCUT2D eigenvalue weighted by atomic mass is 10.2. The lowest BCUT2D eigenvalue weighted by Crippen LogP contribution is -2.00. The van der Waals surface area contributed by atoms with Gasteiger partial charge in [0.2, 0.25) is 0 Å². The molecule has 0 bridgehead atoms. The summed E-state index contributed by atoms with van der Waals surface area (Å²) in [6, 6.07) is 11.9. The first kappa shape index (κ1) is 14.1. The molecule has 0 saturated carbocycles. The fourth-order valence-electron chi connectivity index (χ4n) is 1.45. The number of rotatable bonds is 3. The quantitative estimate of drug-likeness (QED) is 0.768. The average molecular weight is 341 g/mol. The summed E-state index contributed by atoms with van der Waals surface area (Å²) in [5, 5.41) is 0. The van der Waals surface area contributed by atoms with Crippen LogP contribution >= 0.6 is 27.7 Å². The summed E-state index contributed by atoms with van der Waals surface area (Å²) in [4.78, 5) is 13.0. The molecule has 0 unspecified atom stereocenters. The van der Waals surface area contributed by atoms with Gasteiger partial charge < -0.3 is 4.74 Å². The van der Waals surface area contributed by atoms with E-state index in [2.05, 4.69) is 20.7 Å². The predicted molar refractivity (Wildman–Crippen MR) is 76.0 cm³/mol. The number of ether oxygens (including phenoxy) is 1. The van der Waals surface area contributed by atoms with E-state index in [1.165, 1.54) is 24.9 Å². The number of hydrogen-bond acceptors (Lipinski definition) is 3. The van der Waals surface area contributed by atoms with Crippen LogP contribution in [0, 0.1) is 5.82 Å². The third-order valence-electron chi connectivity index (χ3n) is 2.40. The minimum absolute atomic E-state index is 0.295. The molecule has 0 saturated heterocycles. The zero-order chi connectivity index (χ0) is 13.8. The maximum Gasteiger partial charge on any atom is 0.337 e. The summed E-state index contributed by atoms with van der Waals surface area (Å²) < 4.78 is 18.4. The molecular weight excluding hydrogens is 331 g/mol. The molecule has 0 spiro atoms. The fourth-order valence-corrected chi connectivity index (χ4v) is 2.54. The van der Waals surface area contributed by atoms with Crippen LogP contribution in [0.3, 0.4) is 0 Å². The van der Waals surface area contributed by atoms with Crippen molar-refractivity contribution in [2.45, 2.75) is 9.79 Å². The van der Waals surface area contributed by atoms with Crippen LogP contribution < -0.4 is 0 Å². The Bertz CT molecular complexity index is 599. The molecule has 2 aromatic carbocycles. The van der Waals surface area contributed by atoms with Crippen molar-refractivity contribution in [1.82, 2.24) is 0 Å². The molecule has 19 heavy (non-hydrogen) atoms. The van der Waals surface area contributed by atoms with E-state index in [0.717, 1.165) is 9.79 Å². The number of methoxy groups -OCH3 is 1. The predicted octanol–water partition coefficient (Wildman–Crippen LogP) is 4.53. The number of halogens is 2. The van der Waals surface area contributed by atoms with Gasteiger partial charge in [-0.2, -0.15) is 0 Å². The molecule has 5 heteroatoms. The van der Waals surface area contributed by atoms with Crippen molar-refractivity contribution in [3.05, 3.63) is 58.3 Å². The first-order valence-corrected chi connectivity index (χ1v) is 7.02. The number of carbonyl (C=O) groups excluding carboxylic acids is 1. The van der Waals surface area contributed by atoms with Crippen molar-refractivity contribution in [3.8, 4) is 0 Å². The molecule has 2 nitrogen and oxygen atoms in total. The van der Waals surface area contributed by atoms with Crippen LogP contribution in [0.2, 0.25) is 0 Å². The van der Waals surface area contributed by atoms with Gasteiger partial charge in [0, 0.05) is 9.79 Å². The highest BCUT2D eigenvalue weighted by molar-refractivity contribution is 9.10. The molecule has 2 rings (SSSR count). The van der Waals surface area contributed by atoms with Crippen LogP contribution in [-0.4, -0.2) is 13.1 Å². The summed E-state index contributed by atoms with van der Waals surface area (Å²) in [5.74, 6) is -0.664. The largest absolute Gasteiger partial charge is 0.465 e. The maximum absolute atomic E-state index is 13.4. The summed E-state index contributed by atoms with van der Waals surface area (Å²) in [6.07, 6.45) is 0. The second-order valence-corrected chi connectivity index (χ2v) is 5.70. The van der Waals surface area contributed by atoms with Crippen LogP contribution in [-0.2, 0) is 4.74 Å². The first-order chi connectivity index (χ1) is 9.10. The Kier molecular flexibility index (Phi) is 4.61. The molecule has 98 valence electrons. The molecule has 0 fully saturated rings. The minimum atomic E-state index is -0.369. The Hall–Kier alpha value is -1.33. The van der Waals surface area contributed by atoms with Crippen molar-refractivity contribution in [2.24, 2.45) is 0 Å². The second-order valence-electron chi connectivity index (χ2n) is 3.69. The zero-order valence-electron chi connectivity index (χ0n) is 10.0. The Morgan fingerprint density at radius 3 is 2.37 bits per heavy atom. The first-order valence-electron chi connectivity index (χ1n) is 5.41. The standard InChI is InChI=1S/C14H10BrFO2S/c1-18-14(17)9-2-4-10(5-3-9)19-11-6-7-12(15)13(16)8-11/h2-8H,1H3. The normalized spacial score (nSPS) is 10.3. The van der Waals surface area contributed by atoms with Gasteiger partial charge in [-0.05, 0) is 58.4 Å². The third kappa shape index (κ3) is 3.58. The van der Waals surface area contributed by atoms with E-state index in [4.69, 9.17) is 0 Å². The molecule has 0 aliphatic carbocycles. The number of carbonyl (C=O) groups is 1. The van der Waals surface area contributed by atoms with Gasteiger partial charge >= 0.3 is 5.97 Å². The van der Waals surface area contributed by atoms with Gasteiger partial charge in [0.05, 0.1) is 17.1 Å². The molecule has 0 aromatic heterocycles. The number of hydrogen-bond donors (Lipinski definition) is 0. The fraction of sp³-hybridized carbons (Fsp3) is 0.0714. The summed E-state index contributed by atoms with van der Waals surface area (Å²) in [7, 11) is 1.34. The van der Waals surface area contributed by atoms with E-state index < -0.39 is 0 Å². The smallest absolute Gasteiger partial charge is 0.337 e. The summed E-state index contributed by atoms with van der Waals surface area (Å²) >= 11 is 4.54. The van der Waals surface area contributed by atoms with E-state index >= 15 is 0 Å². The third-order valence-corrected chi connectivity index (χ3v) is 4.04. The number of benzene rings is 2. The van der Waals surface area contributed by atoms with Crippen molar-refractivity contribution in [1.29, 1.82) is 0 Å². The monoisotopic (exact) mass is 340 g/mol. The van der Waals surface area contributed by atoms with E-state index in [0.29, 0.717) is 10.0 Å². The van der Waals surface area contributed by atoms with E-state index in [1.807, 2.05) is 6.07 Å². The van der Waals surface area contributed by atoms with Crippen LogP contribution in [0.15, 0.2) is 56.7 Å². The topological polar surface area (TPSA) is 26.3 Å². The molecule has 0 amide bonds. The molecule has 0 aliphatic rings. The van der Waals surface area contributed by atoms with Crippen molar-refractivity contribution in [3.63, 3.8) is 0 Å². The Balaban J connectivity index is 2.15. The van der Waals surface area contributed by atoms with Gasteiger partial charge in [-0.15, -0.1) is 0 Å². The van der Waals surface area contributed by atoms with Crippen LogP contribution in [0.25, 0.3) is 0 Å². The summed E-state index contributed by atoms with van der Waals surface area (Å²) in [5.41, 5.74) is 0.494. The molecule has 0 aliphatic heterocycles. The van der Waals surface area contributed by atoms with Gasteiger partial charge in [0.15, 0.2) is 0 Å². The van der Waals surface area contributed by atoms with E-state index in [9.17, 15) is 9.18 Å². The van der Waals surface area contributed by atoms with Crippen LogP contribution in [0.4, 0.5) is 4.39 Å². The Labute approximate surface area is 123 Å². The minimum Gasteiger partial charge on any atom is -0.465 e. The molecule has 2 aromatic rings. The van der Waals surface area contributed by atoms with E-state index in [-0.39, 0.29) is 11.8 Å². The van der Waals surface area contributed by atoms with Gasteiger partial charge in [-0.1, -0.05) is 11.8 Å². The highest BCUT2D eigenvalue weighted by Crippen LogP contribution is 2.30. The molecule has 0 radical (unpaired) electrons. The zero-order valence-corrected chi connectivity index (χ0v) is 12.4. The maximum atomic E-state index is 13.4. The van der Waals surface area contributed by atoms with Crippen molar-refractivity contribution >= 4 is 33.7 Å². The molecule has 0 heterocycles. The Morgan fingerprint density at radius 1 is 1.16 bits per heavy atom. The lowest BCUT2D eigenvalue weighted by molar-refractivity contribution is 0.0600. The summed E-state index contributed by atoms with van der Waals surface area (Å²) in [6.45, 7) is 0.